The lowest BCUT2D eigenvalue weighted by Crippen LogP contribution is -2.41. The van der Waals surface area contributed by atoms with Crippen LogP contribution in [0.4, 0.5) is 0 Å². The zero-order valence-corrected chi connectivity index (χ0v) is 17.6. The Bertz CT molecular complexity index is 557. The first-order valence-electron chi connectivity index (χ1n) is 8.50. The van der Waals surface area contributed by atoms with Crippen LogP contribution >= 0.6 is 24.0 Å². The number of aliphatic imine (C=N–C) groups is 1. The van der Waals surface area contributed by atoms with Gasteiger partial charge in [0.1, 0.15) is 0 Å². The van der Waals surface area contributed by atoms with Gasteiger partial charge in [-0.1, -0.05) is 12.1 Å². The highest BCUT2D eigenvalue weighted by atomic mass is 127. The van der Waals surface area contributed by atoms with Crippen LogP contribution in [0.2, 0.25) is 0 Å². The fourth-order valence-corrected chi connectivity index (χ4v) is 2.80. The normalized spacial score (nSPS) is 16.9. The second-order valence-corrected chi connectivity index (χ2v) is 6.07. The molecule has 0 radical (unpaired) electrons. The number of rotatable bonds is 6. The Morgan fingerprint density at radius 3 is 2.60 bits per heavy atom. The molecule has 1 aliphatic heterocycles. The Hall–Kier alpha value is -1.35. The molecule has 0 spiro atoms. The van der Waals surface area contributed by atoms with Gasteiger partial charge in [0.2, 0.25) is 0 Å². The summed E-state index contributed by atoms with van der Waals surface area (Å²) in [6, 6.07) is 7.64. The number of guanidine groups is 1. The molecule has 1 aromatic rings. The van der Waals surface area contributed by atoms with Crippen molar-refractivity contribution in [3.8, 4) is 0 Å². The average Bonchev–Trinajstić information content (AvgIpc) is 3.09. The van der Waals surface area contributed by atoms with Crippen LogP contribution in [0.25, 0.3) is 0 Å². The van der Waals surface area contributed by atoms with Gasteiger partial charge < -0.3 is 20.3 Å². The van der Waals surface area contributed by atoms with Crippen molar-refractivity contribution in [3.63, 3.8) is 0 Å². The fourth-order valence-electron chi connectivity index (χ4n) is 2.80. The molecule has 7 heteroatoms. The number of benzene rings is 1. The van der Waals surface area contributed by atoms with Gasteiger partial charge in [-0.05, 0) is 31.0 Å². The van der Waals surface area contributed by atoms with Crippen molar-refractivity contribution < 1.29 is 9.53 Å². The van der Waals surface area contributed by atoms with E-state index in [9.17, 15) is 4.79 Å². The van der Waals surface area contributed by atoms with Crippen molar-refractivity contribution in [1.82, 2.24) is 15.5 Å². The minimum atomic E-state index is -0.0358. The van der Waals surface area contributed by atoms with E-state index in [1.54, 1.807) is 7.05 Å². The molecule has 1 heterocycles. The maximum absolute atomic E-state index is 11.8. The highest BCUT2D eigenvalue weighted by Crippen LogP contribution is 2.13. The quantitative estimate of drug-likeness (QED) is 0.388. The minimum Gasteiger partial charge on any atom is -0.381 e. The molecule has 1 amide bonds. The van der Waals surface area contributed by atoms with Gasteiger partial charge >= 0.3 is 0 Å². The molecule has 1 aromatic carbocycles. The number of nitrogens with one attached hydrogen (secondary N) is 2. The third-order valence-corrected chi connectivity index (χ3v) is 4.13. The van der Waals surface area contributed by atoms with Crippen molar-refractivity contribution in [2.45, 2.75) is 19.9 Å². The molecule has 25 heavy (non-hydrogen) atoms. The van der Waals surface area contributed by atoms with Crippen molar-refractivity contribution >= 4 is 35.8 Å². The largest absolute Gasteiger partial charge is 0.381 e. The Morgan fingerprint density at radius 1 is 1.32 bits per heavy atom. The molecule has 0 aromatic heterocycles. The summed E-state index contributed by atoms with van der Waals surface area (Å²) in [5.41, 5.74) is 1.80. The first-order valence-corrected chi connectivity index (χ1v) is 8.50. The van der Waals surface area contributed by atoms with E-state index in [1.165, 1.54) is 0 Å². The van der Waals surface area contributed by atoms with E-state index in [-0.39, 0.29) is 29.9 Å². The van der Waals surface area contributed by atoms with Gasteiger partial charge in [-0.2, -0.15) is 0 Å². The number of amides is 1. The maximum Gasteiger partial charge on any atom is 0.251 e. The fraction of sp³-hybridized carbons (Fsp3) is 0.556. The van der Waals surface area contributed by atoms with E-state index in [2.05, 4.69) is 20.5 Å². The summed E-state index contributed by atoms with van der Waals surface area (Å²) in [6.45, 7) is 5.86. The number of halogens is 1. The molecule has 1 saturated heterocycles. The molecule has 1 unspecified atom stereocenters. The molecule has 1 aliphatic rings. The van der Waals surface area contributed by atoms with Gasteiger partial charge in [0.15, 0.2) is 5.96 Å². The van der Waals surface area contributed by atoms with Gasteiger partial charge in [0, 0.05) is 51.8 Å². The van der Waals surface area contributed by atoms with E-state index >= 15 is 0 Å². The van der Waals surface area contributed by atoms with E-state index in [0.29, 0.717) is 24.6 Å². The van der Waals surface area contributed by atoms with E-state index < -0.39 is 0 Å². The minimum absolute atomic E-state index is 0. The zero-order chi connectivity index (χ0) is 17.4. The van der Waals surface area contributed by atoms with Crippen LogP contribution in [0.3, 0.4) is 0 Å². The summed E-state index contributed by atoms with van der Waals surface area (Å²) in [5.74, 6) is 1.41. The van der Waals surface area contributed by atoms with Gasteiger partial charge in [-0.25, -0.2) is 0 Å². The smallest absolute Gasteiger partial charge is 0.251 e. The first kappa shape index (κ1) is 21.7. The number of hydrogen-bond acceptors (Lipinski definition) is 3. The highest BCUT2D eigenvalue weighted by molar-refractivity contribution is 14.0. The lowest BCUT2D eigenvalue weighted by atomic mass is 10.1. The van der Waals surface area contributed by atoms with Gasteiger partial charge in [0.25, 0.3) is 5.91 Å². The van der Waals surface area contributed by atoms with Crippen LogP contribution in [0.5, 0.6) is 0 Å². The molecular formula is C18H29IN4O2. The predicted molar refractivity (Wildman–Crippen MR) is 112 cm³/mol. The Labute approximate surface area is 167 Å². The second-order valence-electron chi connectivity index (χ2n) is 6.07. The Kier molecular flexibility index (Phi) is 9.81. The second kappa shape index (κ2) is 11.3. The van der Waals surface area contributed by atoms with Gasteiger partial charge in [-0.3, -0.25) is 9.79 Å². The SMILES string of the molecule is CCNC(=O)c1ccc(CNC(=NC)N(C)CC2CCOC2)cc1.I. The molecule has 0 bridgehead atoms. The zero-order valence-electron chi connectivity index (χ0n) is 15.2. The summed E-state index contributed by atoms with van der Waals surface area (Å²) >= 11 is 0. The number of hydrogen-bond donors (Lipinski definition) is 2. The molecule has 0 aliphatic carbocycles. The van der Waals surface area contributed by atoms with Crippen LogP contribution in [0.15, 0.2) is 29.3 Å². The average molecular weight is 460 g/mol. The summed E-state index contributed by atoms with van der Waals surface area (Å²) in [7, 11) is 3.84. The van der Waals surface area contributed by atoms with Gasteiger partial charge in [-0.15, -0.1) is 24.0 Å². The Balaban J connectivity index is 0.00000312. The van der Waals surface area contributed by atoms with Crippen molar-refractivity contribution in [2.75, 3.05) is 40.4 Å². The Morgan fingerprint density at radius 2 is 2.04 bits per heavy atom. The molecule has 0 saturated carbocycles. The third kappa shape index (κ3) is 6.81. The van der Waals surface area contributed by atoms with E-state index in [1.807, 2.05) is 38.2 Å². The van der Waals surface area contributed by atoms with Crippen LogP contribution < -0.4 is 10.6 Å². The van der Waals surface area contributed by atoms with E-state index in [4.69, 9.17) is 4.74 Å². The molecule has 2 N–H and O–H groups in total. The van der Waals surface area contributed by atoms with Gasteiger partial charge in [0.05, 0.1) is 6.61 Å². The molecule has 1 fully saturated rings. The first-order chi connectivity index (χ1) is 11.6. The standard InChI is InChI=1S/C18H28N4O2.HI/c1-4-20-17(23)16-7-5-14(6-8-16)11-21-18(19-2)22(3)12-15-9-10-24-13-15;/h5-8,15H,4,9-13H2,1-3H3,(H,19,21)(H,20,23);1H. The number of nitrogens with zero attached hydrogens (tertiary/aromatic N) is 2. The number of carbonyl (C=O) groups is 1. The molecule has 140 valence electrons. The number of carbonyl (C=O) groups excluding carboxylic acids is 1. The molecule has 2 rings (SSSR count). The molecular weight excluding hydrogens is 431 g/mol. The van der Waals surface area contributed by atoms with E-state index in [0.717, 1.165) is 37.7 Å². The maximum atomic E-state index is 11.8. The van der Waals surface area contributed by atoms with Crippen molar-refractivity contribution in [3.05, 3.63) is 35.4 Å². The summed E-state index contributed by atoms with van der Waals surface area (Å²) in [4.78, 5) is 18.2. The third-order valence-electron chi connectivity index (χ3n) is 4.13. The van der Waals surface area contributed by atoms with Crippen LogP contribution in [0.1, 0.15) is 29.3 Å². The van der Waals surface area contributed by atoms with Crippen LogP contribution in [0, 0.1) is 5.92 Å². The highest BCUT2D eigenvalue weighted by Gasteiger charge is 2.19. The predicted octanol–water partition coefficient (Wildman–Crippen LogP) is 2.10. The molecule has 1 atom stereocenters. The van der Waals surface area contributed by atoms with Crippen LogP contribution in [-0.2, 0) is 11.3 Å². The van der Waals surface area contributed by atoms with Crippen molar-refractivity contribution in [1.29, 1.82) is 0 Å². The molecule has 6 nitrogen and oxygen atoms in total. The number of ether oxygens (including phenoxy) is 1. The van der Waals surface area contributed by atoms with Crippen molar-refractivity contribution in [2.24, 2.45) is 10.9 Å². The lowest BCUT2D eigenvalue weighted by Gasteiger charge is -2.24. The van der Waals surface area contributed by atoms with Crippen LogP contribution in [-0.4, -0.2) is 57.2 Å². The summed E-state index contributed by atoms with van der Waals surface area (Å²) in [5, 5.41) is 6.17. The monoisotopic (exact) mass is 460 g/mol. The summed E-state index contributed by atoms with van der Waals surface area (Å²) < 4.78 is 5.43. The topological polar surface area (TPSA) is 66.0 Å². The lowest BCUT2D eigenvalue weighted by molar-refractivity contribution is 0.0956. The summed E-state index contributed by atoms with van der Waals surface area (Å²) in [6.07, 6.45) is 1.11.